The van der Waals surface area contributed by atoms with E-state index in [4.69, 9.17) is 11.5 Å². The van der Waals surface area contributed by atoms with Crippen molar-refractivity contribution < 1.29 is 107 Å². The van der Waals surface area contributed by atoms with E-state index in [9.17, 15) is 87.8 Å². The number of hydrogen-bond donors (Lipinski definition) is 2. The summed E-state index contributed by atoms with van der Waals surface area (Å²) in [5.41, 5.74) is 5.69. The molecule has 2 unspecified atom stereocenters. The number of ether oxygens (including phenoxy) is 4. The van der Waals surface area contributed by atoms with E-state index in [0.717, 1.165) is 0 Å². The molecule has 2 aromatic rings. The average Bonchev–Trinajstić information content (AvgIpc) is 2.89. The third-order valence-corrected chi connectivity index (χ3v) is 6.10. The predicted octanol–water partition coefficient (Wildman–Crippen LogP) is 9.80. The molecular formula is C22H10Cl2F20N2O4. The van der Waals surface area contributed by atoms with E-state index < -0.39 is 93.3 Å². The van der Waals surface area contributed by atoms with E-state index in [0.29, 0.717) is 30.3 Å². The Balaban J connectivity index is 2.63. The zero-order valence-corrected chi connectivity index (χ0v) is 24.1. The van der Waals surface area contributed by atoms with Crippen LogP contribution in [0.5, 0.6) is 11.5 Å². The van der Waals surface area contributed by atoms with Gasteiger partial charge in [0.15, 0.2) is 5.75 Å². The van der Waals surface area contributed by atoms with Crippen molar-refractivity contribution in [2.24, 2.45) is 0 Å². The summed E-state index contributed by atoms with van der Waals surface area (Å²) in [6, 6.07) is 2.76. The Hall–Kier alpha value is -3.26. The number of halogens is 22. The van der Waals surface area contributed by atoms with E-state index in [1.807, 2.05) is 0 Å². The number of nitrogens with two attached hydrogens (primary N) is 2. The molecule has 0 aliphatic heterocycles. The number of anilines is 2. The van der Waals surface area contributed by atoms with Crippen LogP contribution in [0.2, 0.25) is 0 Å². The number of para-hydroxylation sites is 1. The molecule has 28 heteroatoms. The maximum atomic E-state index is 14.7. The zero-order chi connectivity index (χ0) is 39.5. The second-order valence-electron chi connectivity index (χ2n) is 9.09. The van der Waals surface area contributed by atoms with E-state index in [1.165, 1.54) is 0 Å². The van der Waals surface area contributed by atoms with Crippen LogP contribution < -0.4 is 20.9 Å². The lowest BCUT2D eigenvalue weighted by Gasteiger charge is -2.34. The van der Waals surface area contributed by atoms with Crippen LogP contribution in [0, 0.1) is 0 Å². The summed E-state index contributed by atoms with van der Waals surface area (Å²) in [7, 11) is 0. The highest BCUT2D eigenvalue weighted by atomic mass is 35.5. The van der Waals surface area contributed by atoms with Gasteiger partial charge >= 0.3 is 59.3 Å². The minimum absolute atomic E-state index is 0.191. The zero-order valence-electron chi connectivity index (χ0n) is 22.6. The molecule has 2 rings (SSSR count). The van der Waals surface area contributed by atoms with E-state index >= 15 is 0 Å². The first-order valence-electron chi connectivity index (χ1n) is 11.6. The van der Waals surface area contributed by atoms with Crippen molar-refractivity contribution in [3.63, 3.8) is 0 Å². The summed E-state index contributed by atoms with van der Waals surface area (Å²) in [6.45, 7) is 0. The van der Waals surface area contributed by atoms with Crippen molar-refractivity contribution in [2.75, 3.05) is 11.5 Å². The highest BCUT2D eigenvalue weighted by Crippen LogP contribution is 2.55. The van der Waals surface area contributed by atoms with E-state index in [-0.39, 0.29) is 6.07 Å². The molecule has 0 aliphatic rings. The number of benzene rings is 2. The topological polar surface area (TPSA) is 89.0 Å². The van der Waals surface area contributed by atoms with E-state index in [2.05, 4.69) is 42.1 Å². The Bertz CT molecular complexity index is 1550. The Kier molecular flexibility index (Phi) is 10.9. The van der Waals surface area contributed by atoms with Gasteiger partial charge in [-0.2, -0.15) is 87.8 Å². The van der Waals surface area contributed by atoms with Gasteiger partial charge in [0.05, 0.1) is 11.4 Å². The molecule has 0 aliphatic carbocycles. The molecule has 0 amide bonds. The smallest absolute Gasteiger partial charge is 0.427 e. The van der Waals surface area contributed by atoms with Gasteiger partial charge in [0, 0.05) is 11.1 Å². The summed E-state index contributed by atoms with van der Waals surface area (Å²) < 4.78 is 280. The van der Waals surface area contributed by atoms with Crippen molar-refractivity contribution in [3.05, 3.63) is 36.4 Å². The molecule has 0 heterocycles. The summed E-state index contributed by atoms with van der Waals surface area (Å²) in [5.74, 6) is -18.5. The minimum Gasteiger partial charge on any atom is -0.427 e. The first-order valence-corrected chi connectivity index (χ1v) is 12.4. The van der Waals surface area contributed by atoms with Crippen LogP contribution in [-0.2, 0) is 9.47 Å². The van der Waals surface area contributed by atoms with Gasteiger partial charge in [0.25, 0.3) is 0 Å². The molecule has 2 aromatic carbocycles. The van der Waals surface area contributed by atoms with Gasteiger partial charge in [-0.3, -0.25) is 9.47 Å². The van der Waals surface area contributed by atoms with Gasteiger partial charge < -0.3 is 20.9 Å². The Morgan fingerprint density at radius 1 is 0.460 bits per heavy atom. The number of hydrogen-bond acceptors (Lipinski definition) is 6. The fraction of sp³-hybridized carbons (Fsp3) is 0.455. The fourth-order valence-corrected chi connectivity index (χ4v) is 3.27. The summed E-state index contributed by atoms with van der Waals surface area (Å²) in [5, 5.41) is -12.4. The number of rotatable bonds is 13. The van der Waals surface area contributed by atoms with Gasteiger partial charge in [-0.25, -0.2) is 0 Å². The third-order valence-electron chi connectivity index (χ3n) is 5.51. The van der Waals surface area contributed by atoms with Crippen LogP contribution in [0.4, 0.5) is 99.2 Å². The Morgan fingerprint density at radius 3 is 1.24 bits per heavy atom. The summed E-state index contributed by atoms with van der Waals surface area (Å²) >= 11 is 8.78. The molecule has 286 valence electrons. The minimum atomic E-state index is -7.41. The first kappa shape index (κ1) is 42.9. The molecule has 0 saturated carbocycles. The third kappa shape index (κ3) is 7.80. The van der Waals surface area contributed by atoms with Crippen LogP contribution in [0.25, 0.3) is 11.1 Å². The van der Waals surface area contributed by atoms with Gasteiger partial charge in [-0.15, -0.1) is 0 Å². The maximum absolute atomic E-state index is 14.7. The highest BCUT2D eigenvalue weighted by Gasteiger charge is 2.80. The second-order valence-corrected chi connectivity index (χ2v) is 10.1. The summed E-state index contributed by atoms with van der Waals surface area (Å²) in [6.07, 6.45) is -41.7. The molecule has 0 fully saturated rings. The Morgan fingerprint density at radius 2 is 0.840 bits per heavy atom. The molecule has 0 spiro atoms. The lowest BCUT2D eigenvalue weighted by atomic mass is 10.0. The largest absolute Gasteiger partial charge is 0.476 e. The summed E-state index contributed by atoms with van der Waals surface area (Å²) in [4.78, 5) is 0. The molecule has 50 heavy (non-hydrogen) atoms. The lowest BCUT2D eigenvalue weighted by molar-refractivity contribution is -0.470. The van der Waals surface area contributed by atoms with Crippen molar-refractivity contribution in [1.82, 2.24) is 0 Å². The van der Waals surface area contributed by atoms with Crippen LogP contribution >= 0.6 is 23.2 Å². The molecule has 4 N–H and O–H groups in total. The molecule has 0 radical (unpaired) electrons. The van der Waals surface area contributed by atoms with Gasteiger partial charge in [-0.1, -0.05) is 18.2 Å². The molecule has 6 nitrogen and oxygen atoms in total. The van der Waals surface area contributed by atoms with Gasteiger partial charge in [-0.05, 0) is 41.4 Å². The highest BCUT2D eigenvalue weighted by molar-refractivity contribution is 6.22. The molecule has 0 saturated heterocycles. The molecular weight excluding hydrogens is 807 g/mol. The van der Waals surface area contributed by atoms with Crippen molar-refractivity contribution in [3.8, 4) is 22.6 Å². The van der Waals surface area contributed by atoms with Gasteiger partial charge in [0.2, 0.25) is 0 Å². The molecule has 0 aromatic heterocycles. The van der Waals surface area contributed by atoms with Crippen LogP contribution in [0.15, 0.2) is 36.4 Å². The van der Waals surface area contributed by atoms with Crippen LogP contribution in [0.3, 0.4) is 0 Å². The average molecular weight is 817 g/mol. The predicted molar refractivity (Wildman–Crippen MR) is 125 cm³/mol. The normalized spacial score (nSPS) is 16.8. The molecule has 0 bridgehead atoms. The second kappa shape index (κ2) is 12.8. The van der Waals surface area contributed by atoms with Crippen LogP contribution in [-0.4, -0.2) is 59.3 Å². The fourth-order valence-electron chi connectivity index (χ4n) is 3.00. The molecule has 2 atom stereocenters. The lowest BCUT2D eigenvalue weighted by Crippen LogP contribution is -2.59. The van der Waals surface area contributed by atoms with Crippen molar-refractivity contribution in [1.29, 1.82) is 0 Å². The van der Waals surface area contributed by atoms with Crippen LogP contribution in [0.1, 0.15) is 0 Å². The van der Waals surface area contributed by atoms with E-state index in [1.54, 1.807) is 0 Å². The standard InChI is InChI=1S/C22H10Cl2F20N2O4/c23-15(29,49-19(37,38)13(25,26)17(31,32)33)21(41,42)47-10-4-2-1-3-7(10)8-5-6-9(45)11(46)12(8)48-22(43,44)16(24,30)50-20(39,40)14(27,28)18(34,35)36/h1-6H,45-46H2. The first-order chi connectivity index (χ1) is 21.9. The quantitative estimate of drug-likeness (QED) is 0.119. The van der Waals surface area contributed by atoms with Crippen molar-refractivity contribution in [2.45, 2.75) is 59.3 Å². The number of alkyl halides is 22. The SMILES string of the molecule is Nc1ccc(-c2ccccc2OC(F)(F)C(F)(Cl)OC(F)(F)C(F)(F)C(F)(F)F)c(OC(F)(F)C(F)(Cl)OC(F)(F)C(F)(F)C(F)(F)F)c1N. The van der Waals surface area contributed by atoms with Crippen molar-refractivity contribution >= 4 is 34.6 Å². The Labute approximate surface area is 271 Å². The number of nitrogen functional groups attached to an aromatic ring is 2. The maximum Gasteiger partial charge on any atom is 0.476 e. The van der Waals surface area contributed by atoms with Gasteiger partial charge in [0.1, 0.15) is 5.75 Å². The monoisotopic (exact) mass is 816 g/mol.